The van der Waals surface area contributed by atoms with Gasteiger partial charge in [-0.05, 0) is 33.9 Å². The minimum absolute atomic E-state index is 0.117. The lowest BCUT2D eigenvalue weighted by Crippen LogP contribution is -2.08. The fourth-order valence-corrected chi connectivity index (χ4v) is 2.71. The van der Waals surface area contributed by atoms with Crippen LogP contribution in [0.15, 0.2) is 66.7 Å². The van der Waals surface area contributed by atoms with Crippen molar-refractivity contribution in [3.8, 4) is 0 Å². The van der Waals surface area contributed by atoms with Crippen LogP contribution in [0.1, 0.15) is 36.1 Å². The molecule has 0 saturated carbocycles. The molecule has 3 aromatic rings. The first-order valence-corrected chi connectivity index (χ1v) is 7.79. The Balaban J connectivity index is 1.93. The summed E-state index contributed by atoms with van der Waals surface area (Å²) in [6.07, 6.45) is 5.29. The van der Waals surface area contributed by atoms with Crippen molar-refractivity contribution < 1.29 is 0 Å². The van der Waals surface area contributed by atoms with Crippen molar-refractivity contribution in [3.63, 3.8) is 0 Å². The Morgan fingerprint density at radius 2 is 1.68 bits per heavy atom. The Labute approximate surface area is 132 Å². The maximum absolute atomic E-state index is 6.12. The van der Waals surface area contributed by atoms with E-state index < -0.39 is 0 Å². The molecule has 1 nitrogen and oxygen atoms in total. The molecular formula is C21H21N. The quantitative estimate of drug-likeness (QED) is 0.637. The van der Waals surface area contributed by atoms with Gasteiger partial charge in [0.25, 0.3) is 0 Å². The molecule has 0 saturated heterocycles. The van der Waals surface area contributed by atoms with Crippen molar-refractivity contribution in [3.05, 3.63) is 83.4 Å². The molecule has 0 amide bonds. The summed E-state index contributed by atoms with van der Waals surface area (Å²) in [6, 6.07) is 23.5. The Hall–Kier alpha value is -2.38. The summed E-state index contributed by atoms with van der Waals surface area (Å²) >= 11 is 0. The molecule has 1 heteroatoms. The van der Waals surface area contributed by atoms with Crippen LogP contribution in [0.25, 0.3) is 22.9 Å². The predicted molar refractivity (Wildman–Crippen MR) is 96.5 cm³/mol. The molecule has 0 fully saturated rings. The van der Waals surface area contributed by atoms with Gasteiger partial charge in [-0.1, -0.05) is 85.8 Å². The molecule has 0 aromatic heterocycles. The summed E-state index contributed by atoms with van der Waals surface area (Å²) in [7, 11) is 0. The number of hydrogen-bond acceptors (Lipinski definition) is 1. The summed E-state index contributed by atoms with van der Waals surface area (Å²) in [4.78, 5) is 0. The van der Waals surface area contributed by atoms with Crippen LogP contribution in [0.4, 0.5) is 0 Å². The van der Waals surface area contributed by atoms with Gasteiger partial charge in [0.05, 0.1) is 0 Å². The van der Waals surface area contributed by atoms with Crippen LogP contribution in [0.3, 0.4) is 0 Å². The second-order valence-electron chi connectivity index (χ2n) is 5.59. The van der Waals surface area contributed by atoms with Gasteiger partial charge >= 0.3 is 0 Å². The largest absolute Gasteiger partial charge is 0.324 e. The normalized spacial score (nSPS) is 12.8. The van der Waals surface area contributed by atoms with Crippen molar-refractivity contribution in [2.45, 2.75) is 19.4 Å². The van der Waals surface area contributed by atoms with E-state index in [1.807, 2.05) is 0 Å². The molecule has 0 aliphatic heterocycles. The third-order valence-corrected chi connectivity index (χ3v) is 4.06. The zero-order chi connectivity index (χ0) is 15.4. The molecule has 3 rings (SSSR count). The molecule has 2 N–H and O–H groups in total. The molecular weight excluding hydrogens is 266 g/mol. The van der Waals surface area contributed by atoms with Crippen molar-refractivity contribution in [1.29, 1.82) is 0 Å². The van der Waals surface area contributed by atoms with Crippen molar-refractivity contribution in [2.75, 3.05) is 0 Å². The highest BCUT2D eigenvalue weighted by molar-refractivity contribution is 5.92. The minimum atomic E-state index is 0.117. The zero-order valence-corrected chi connectivity index (χ0v) is 12.9. The zero-order valence-electron chi connectivity index (χ0n) is 12.9. The standard InChI is InChI=1S/C21H21N/c1-2-21(22)19-11-5-7-16(15-19)13-14-18-10-6-9-17-8-3-4-12-20(17)18/h3-15,21H,2,22H2,1H3. The van der Waals surface area contributed by atoms with E-state index in [4.69, 9.17) is 5.73 Å². The Bertz CT molecular complexity index is 796. The van der Waals surface area contributed by atoms with Gasteiger partial charge in [0.15, 0.2) is 0 Å². The van der Waals surface area contributed by atoms with E-state index in [9.17, 15) is 0 Å². The van der Waals surface area contributed by atoms with E-state index in [1.165, 1.54) is 27.5 Å². The summed E-state index contributed by atoms with van der Waals surface area (Å²) in [5.74, 6) is 0. The molecule has 0 bridgehead atoms. The van der Waals surface area contributed by atoms with Crippen LogP contribution in [-0.2, 0) is 0 Å². The van der Waals surface area contributed by atoms with Crippen molar-refractivity contribution in [2.24, 2.45) is 5.73 Å². The SMILES string of the molecule is CCC(N)c1cccc(C=Cc2cccc3ccccc23)c1. The molecule has 3 aromatic carbocycles. The Kier molecular flexibility index (Phi) is 4.36. The molecule has 0 radical (unpaired) electrons. The van der Waals surface area contributed by atoms with Gasteiger partial charge in [-0.15, -0.1) is 0 Å². The minimum Gasteiger partial charge on any atom is -0.324 e. The van der Waals surface area contributed by atoms with Crippen LogP contribution in [-0.4, -0.2) is 0 Å². The van der Waals surface area contributed by atoms with Crippen molar-refractivity contribution in [1.82, 2.24) is 0 Å². The monoisotopic (exact) mass is 287 g/mol. The van der Waals surface area contributed by atoms with Crippen LogP contribution < -0.4 is 5.73 Å². The van der Waals surface area contributed by atoms with E-state index in [0.717, 1.165) is 6.42 Å². The second-order valence-corrected chi connectivity index (χ2v) is 5.59. The molecule has 110 valence electrons. The van der Waals surface area contributed by atoms with Crippen LogP contribution in [0, 0.1) is 0 Å². The predicted octanol–water partition coefficient (Wildman–Crippen LogP) is 5.42. The second kappa shape index (κ2) is 6.59. The van der Waals surface area contributed by atoms with E-state index in [-0.39, 0.29) is 6.04 Å². The van der Waals surface area contributed by atoms with Gasteiger partial charge < -0.3 is 5.73 Å². The van der Waals surface area contributed by atoms with Gasteiger partial charge in [-0.2, -0.15) is 0 Å². The van der Waals surface area contributed by atoms with E-state index in [0.29, 0.717) is 0 Å². The smallest absolute Gasteiger partial charge is 0.0292 e. The molecule has 22 heavy (non-hydrogen) atoms. The number of fused-ring (bicyclic) bond motifs is 1. The maximum Gasteiger partial charge on any atom is 0.0292 e. The number of nitrogens with two attached hydrogens (primary N) is 1. The van der Waals surface area contributed by atoms with Gasteiger partial charge in [0, 0.05) is 6.04 Å². The van der Waals surface area contributed by atoms with Gasteiger partial charge in [0.1, 0.15) is 0 Å². The molecule has 0 heterocycles. The van der Waals surface area contributed by atoms with Gasteiger partial charge in [-0.3, -0.25) is 0 Å². The number of hydrogen-bond donors (Lipinski definition) is 1. The highest BCUT2D eigenvalue weighted by Crippen LogP contribution is 2.21. The lowest BCUT2D eigenvalue weighted by atomic mass is 10.0. The first-order valence-electron chi connectivity index (χ1n) is 7.79. The Morgan fingerprint density at radius 3 is 2.55 bits per heavy atom. The lowest BCUT2D eigenvalue weighted by Gasteiger charge is -2.09. The summed E-state index contributed by atoms with van der Waals surface area (Å²) < 4.78 is 0. The summed E-state index contributed by atoms with van der Waals surface area (Å²) in [6.45, 7) is 2.11. The van der Waals surface area contributed by atoms with E-state index >= 15 is 0 Å². The number of benzene rings is 3. The average Bonchev–Trinajstić information content (AvgIpc) is 2.59. The van der Waals surface area contributed by atoms with Crippen LogP contribution in [0.2, 0.25) is 0 Å². The third kappa shape index (κ3) is 3.10. The fraction of sp³-hybridized carbons (Fsp3) is 0.143. The van der Waals surface area contributed by atoms with E-state index in [1.54, 1.807) is 0 Å². The summed E-state index contributed by atoms with van der Waals surface area (Å²) in [5, 5.41) is 2.55. The highest BCUT2D eigenvalue weighted by atomic mass is 14.6. The van der Waals surface area contributed by atoms with Gasteiger partial charge in [-0.25, -0.2) is 0 Å². The van der Waals surface area contributed by atoms with E-state index in [2.05, 4.69) is 85.8 Å². The molecule has 0 aliphatic carbocycles. The molecule has 0 aliphatic rings. The maximum atomic E-state index is 6.12. The van der Waals surface area contributed by atoms with Gasteiger partial charge in [0.2, 0.25) is 0 Å². The van der Waals surface area contributed by atoms with Crippen molar-refractivity contribution >= 4 is 22.9 Å². The van der Waals surface area contributed by atoms with Crippen LogP contribution in [0.5, 0.6) is 0 Å². The molecule has 0 spiro atoms. The Morgan fingerprint density at radius 1 is 0.909 bits per heavy atom. The average molecular weight is 287 g/mol. The lowest BCUT2D eigenvalue weighted by molar-refractivity contribution is 0.698. The molecule has 1 atom stereocenters. The first kappa shape index (κ1) is 14.6. The van der Waals surface area contributed by atoms with Crippen LogP contribution >= 0.6 is 0 Å². The topological polar surface area (TPSA) is 26.0 Å². The number of rotatable bonds is 4. The third-order valence-electron chi connectivity index (χ3n) is 4.06. The fourth-order valence-electron chi connectivity index (χ4n) is 2.71. The first-order chi connectivity index (χ1) is 10.8. The summed E-state index contributed by atoms with van der Waals surface area (Å²) in [5.41, 5.74) is 9.75. The molecule has 1 unspecified atom stereocenters. The highest BCUT2D eigenvalue weighted by Gasteiger charge is 2.02.